The lowest BCUT2D eigenvalue weighted by atomic mass is 10.1. The molecule has 0 aliphatic carbocycles. The monoisotopic (exact) mass is 261 g/mol. The number of esters is 1. The zero-order chi connectivity index (χ0) is 12.1. The van der Waals surface area contributed by atoms with Crippen LogP contribution in [0.25, 0.3) is 0 Å². The third kappa shape index (κ3) is 3.32. The lowest BCUT2D eigenvalue weighted by molar-refractivity contribution is 0.0600. The molecule has 0 aromatic heterocycles. The molecule has 1 aromatic rings. The molecule has 1 aromatic carbocycles. The molecule has 0 aliphatic rings. The van der Waals surface area contributed by atoms with Crippen LogP contribution in [0.4, 0.5) is 0 Å². The van der Waals surface area contributed by atoms with E-state index in [-0.39, 0.29) is 0 Å². The van der Waals surface area contributed by atoms with Gasteiger partial charge in [0.2, 0.25) is 0 Å². The fourth-order valence-electron chi connectivity index (χ4n) is 1.03. The van der Waals surface area contributed by atoms with E-state index in [1.165, 1.54) is 31.4 Å². The predicted octanol–water partition coefficient (Wildman–Crippen LogP) is 1.77. The summed E-state index contributed by atoms with van der Waals surface area (Å²) in [6, 6.07) is 6.00. The number of hydrogen-bond donors (Lipinski definition) is 0. The van der Waals surface area contributed by atoms with Crippen LogP contribution in [0.15, 0.2) is 28.6 Å². The second-order valence-electron chi connectivity index (χ2n) is 2.77. The van der Waals surface area contributed by atoms with Crippen molar-refractivity contribution in [3.8, 4) is 0 Å². The number of halogens is 1. The van der Waals surface area contributed by atoms with Crippen LogP contribution in [0.5, 0.6) is 0 Å². The molecule has 0 saturated carbocycles. The number of carbonyl (C=O) groups is 1. The lowest BCUT2D eigenvalue weighted by Crippen LogP contribution is -2.00. The van der Waals surface area contributed by atoms with Crippen molar-refractivity contribution in [2.24, 2.45) is 4.36 Å². The van der Waals surface area contributed by atoms with Crippen LogP contribution >= 0.6 is 11.6 Å². The molecule has 0 radical (unpaired) electrons. The predicted molar refractivity (Wildman–Crippen MR) is 57.7 cm³/mol. The Hall–Kier alpha value is -1.40. The Labute approximate surface area is 98.7 Å². The van der Waals surface area contributed by atoms with Crippen LogP contribution < -0.4 is 0 Å². The number of benzene rings is 1. The molecule has 1 unspecified atom stereocenters. The van der Waals surface area contributed by atoms with Crippen LogP contribution in [0, 0.1) is 0 Å². The SMILES string of the molecule is COC(=O)c1ccc(C(Cl)N=S(=O)=O)cc1. The fourth-order valence-corrected chi connectivity index (χ4v) is 1.65. The van der Waals surface area contributed by atoms with Crippen molar-refractivity contribution in [1.29, 1.82) is 0 Å². The Morgan fingerprint density at radius 1 is 1.38 bits per heavy atom. The molecule has 86 valence electrons. The third-order valence-corrected chi connectivity index (χ3v) is 2.63. The summed E-state index contributed by atoms with van der Waals surface area (Å²) in [5.74, 6) is -0.470. The number of carbonyl (C=O) groups excluding carboxylic acids is 1. The molecule has 0 heterocycles. The molecule has 0 aliphatic heterocycles. The van der Waals surface area contributed by atoms with Crippen LogP contribution in [-0.4, -0.2) is 21.5 Å². The van der Waals surface area contributed by atoms with Crippen LogP contribution in [0.1, 0.15) is 21.4 Å². The van der Waals surface area contributed by atoms with Crippen molar-refractivity contribution in [2.45, 2.75) is 5.50 Å². The van der Waals surface area contributed by atoms with Crippen molar-refractivity contribution in [3.63, 3.8) is 0 Å². The van der Waals surface area contributed by atoms with Crippen LogP contribution in [0.2, 0.25) is 0 Å². The first-order chi connectivity index (χ1) is 7.54. The summed E-state index contributed by atoms with van der Waals surface area (Å²) < 4.78 is 28.3. The molecule has 1 rings (SSSR count). The third-order valence-electron chi connectivity index (χ3n) is 1.79. The Morgan fingerprint density at radius 3 is 2.38 bits per heavy atom. The second-order valence-corrected chi connectivity index (χ2v) is 3.83. The van der Waals surface area contributed by atoms with Crippen LogP contribution in [-0.2, 0) is 15.2 Å². The van der Waals surface area contributed by atoms with Crippen molar-refractivity contribution >= 4 is 28.1 Å². The van der Waals surface area contributed by atoms with Gasteiger partial charge in [0, 0.05) is 0 Å². The van der Waals surface area contributed by atoms with Gasteiger partial charge >= 0.3 is 16.5 Å². The maximum Gasteiger partial charge on any atom is 0.337 e. The Bertz CT molecular complexity index is 501. The fraction of sp³-hybridized carbons (Fsp3) is 0.222. The smallest absolute Gasteiger partial charge is 0.337 e. The quantitative estimate of drug-likeness (QED) is 0.472. The van der Waals surface area contributed by atoms with E-state index in [9.17, 15) is 13.2 Å². The maximum absolute atomic E-state index is 11.1. The molecular formula is C9H8ClNO4S. The first-order valence-corrected chi connectivity index (χ1v) is 5.64. The zero-order valence-electron chi connectivity index (χ0n) is 8.25. The van der Waals surface area contributed by atoms with Gasteiger partial charge in [-0.05, 0) is 17.7 Å². The minimum Gasteiger partial charge on any atom is -0.465 e. The molecule has 7 heteroatoms. The standard InChI is InChI=1S/C9H8ClNO4S/c1-15-9(12)7-4-2-6(3-5-7)8(10)11-16(13)14/h2-5,8H,1H3. The minimum atomic E-state index is -2.56. The highest BCUT2D eigenvalue weighted by molar-refractivity contribution is 7.61. The number of ether oxygens (including phenoxy) is 1. The van der Waals surface area contributed by atoms with Crippen molar-refractivity contribution in [2.75, 3.05) is 7.11 Å². The largest absolute Gasteiger partial charge is 0.465 e. The highest BCUT2D eigenvalue weighted by Gasteiger charge is 2.09. The summed E-state index contributed by atoms with van der Waals surface area (Å²) in [7, 11) is -1.29. The van der Waals surface area contributed by atoms with E-state index in [4.69, 9.17) is 11.6 Å². The number of alkyl halides is 1. The Morgan fingerprint density at radius 2 is 1.94 bits per heavy atom. The number of nitrogens with zero attached hydrogens (tertiary/aromatic N) is 1. The van der Waals surface area contributed by atoms with E-state index < -0.39 is 22.0 Å². The van der Waals surface area contributed by atoms with Gasteiger partial charge < -0.3 is 4.74 Å². The molecule has 0 bridgehead atoms. The Balaban J connectivity index is 2.95. The molecule has 0 N–H and O–H groups in total. The number of methoxy groups -OCH3 is 1. The van der Waals surface area contributed by atoms with Gasteiger partial charge in [-0.25, -0.2) is 4.79 Å². The number of hydrogen-bond acceptors (Lipinski definition) is 5. The summed E-state index contributed by atoms with van der Waals surface area (Å²) in [5.41, 5.74) is -0.137. The van der Waals surface area contributed by atoms with Crippen molar-refractivity contribution in [1.82, 2.24) is 0 Å². The van der Waals surface area contributed by atoms with E-state index in [1.807, 2.05) is 0 Å². The lowest BCUT2D eigenvalue weighted by Gasteiger charge is -2.03. The molecule has 1 atom stereocenters. The molecule has 16 heavy (non-hydrogen) atoms. The van der Waals surface area contributed by atoms with Gasteiger partial charge in [-0.1, -0.05) is 23.7 Å². The van der Waals surface area contributed by atoms with E-state index in [1.54, 1.807) is 0 Å². The van der Waals surface area contributed by atoms with Crippen LogP contribution in [0.3, 0.4) is 0 Å². The first-order valence-electron chi connectivity index (χ1n) is 4.17. The van der Waals surface area contributed by atoms with E-state index in [0.717, 1.165) is 0 Å². The van der Waals surface area contributed by atoms with Gasteiger partial charge in [0.25, 0.3) is 0 Å². The molecule has 0 amide bonds. The number of rotatable bonds is 3. The molecule has 5 nitrogen and oxygen atoms in total. The topological polar surface area (TPSA) is 72.8 Å². The zero-order valence-corrected chi connectivity index (χ0v) is 9.83. The average Bonchev–Trinajstić information content (AvgIpc) is 2.27. The molecule has 0 saturated heterocycles. The van der Waals surface area contributed by atoms with E-state index in [0.29, 0.717) is 11.1 Å². The van der Waals surface area contributed by atoms with Gasteiger partial charge in [0.05, 0.1) is 12.7 Å². The molecular weight excluding hydrogens is 254 g/mol. The van der Waals surface area contributed by atoms with E-state index >= 15 is 0 Å². The second kappa shape index (κ2) is 5.62. The van der Waals surface area contributed by atoms with Gasteiger partial charge in [0.1, 0.15) is 0 Å². The average molecular weight is 262 g/mol. The Kier molecular flexibility index (Phi) is 4.45. The summed E-state index contributed by atoms with van der Waals surface area (Å²) in [6.07, 6.45) is 0. The molecule has 0 spiro atoms. The first kappa shape index (κ1) is 12.7. The van der Waals surface area contributed by atoms with Gasteiger partial charge in [0.15, 0.2) is 5.50 Å². The van der Waals surface area contributed by atoms with Gasteiger partial charge in [-0.3, -0.25) is 0 Å². The van der Waals surface area contributed by atoms with Crippen molar-refractivity contribution in [3.05, 3.63) is 35.4 Å². The normalized spacial score (nSPS) is 11.6. The summed E-state index contributed by atoms with van der Waals surface area (Å²) in [5, 5.41) is 0. The highest BCUT2D eigenvalue weighted by Crippen LogP contribution is 2.21. The van der Waals surface area contributed by atoms with Gasteiger partial charge in [-0.2, -0.15) is 8.42 Å². The van der Waals surface area contributed by atoms with Gasteiger partial charge in [-0.15, -0.1) is 4.36 Å². The van der Waals surface area contributed by atoms with Crippen molar-refractivity contribution < 1.29 is 17.9 Å². The highest BCUT2D eigenvalue weighted by atomic mass is 35.5. The summed E-state index contributed by atoms with van der Waals surface area (Å²) in [6.45, 7) is 0. The molecule has 0 fully saturated rings. The summed E-state index contributed by atoms with van der Waals surface area (Å²) >= 11 is 5.69. The maximum atomic E-state index is 11.1. The van der Waals surface area contributed by atoms with E-state index in [2.05, 4.69) is 9.10 Å². The minimum absolute atomic E-state index is 0.360. The summed E-state index contributed by atoms with van der Waals surface area (Å²) in [4.78, 5) is 11.1.